The van der Waals surface area contributed by atoms with E-state index in [9.17, 15) is 24.1 Å². The van der Waals surface area contributed by atoms with Gasteiger partial charge in [-0.25, -0.2) is 9.36 Å². The van der Waals surface area contributed by atoms with E-state index >= 15 is 8.78 Å². The lowest BCUT2D eigenvalue weighted by molar-refractivity contribution is -0.149. The lowest BCUT2D eigenvalue weighted by Gasteiger charge is -2.25. The molecule has 0 saturated carbocycles. The van der Waals surface area contributed by atoms with Crippen LogP contribution < -0.4 is 25.4 Å². The smallest absolute Gasteiger partial charge is 0.459 e. The zero-order valence-electron chi connectivity index (χ0n) is 26.2. The third-order valence-electron chi connectivity index (χ3n) is 7.31. The highest BCUT2D eigenvalue weighted by Crippen LogP contribution is 2.48. The van der Waals surface area contributed by atoms with Crippen LogP contribution >= 0.6 is 7.75 Å². The molecule has 1 saturated heterocycles. The molecule has 5 rings (SSSR count). The van der Waals surface area contributed by atoms with Crippen molar-refractivity contribution in [1.29, 1.82) is 0 Å². The summed E-state index contributed by atoms with van der Waals surface area (Å²) in [6, 6.07) is 12.5. The van der Waals surface area contributed by atoms with Gasteiger partial charge in [0.1, 0.15) is 29.5 Å². The number of nitrogens with one attached hydrogen (secondary N) is 2. The number of aliphatic hydroxyl groups is 1. The molecule has 2 aliphatic rings. The summed E-state index contributed by atoms with van der Waals surface area (Å²) in [6.45, 7) is 4.26. The summed E-state index contributed by atoms with van der Waals surface area (Å²) < 4.78 is 71.7. The van der Waals surface area contributed by atoms with Crippen LogP contribution in [0.15, 0.2) is 65.6 Å². The standard InChI is InChI=1S/C31H35F2N4O10P/c1-18(2)45-28(40)19(3)36-48(42,47-22-9-5-4-6-10-22)44-17-24-26(38)31(32,33)29(46-24)37-14-13-25(35-30(37)41)34-27(39)21-11-12-23-20(16-21)8-7-15-43-23/h4-6,9-14,16,18-19,24,26,29,38H,7-8,15,17H2,1-3H3,(H,36,42)(H,34,35,39,41)/t19-,24-,26-,29?,48?/m1/s1. The molecule has 0 spiro atoms. The summed E-state index contributed by atoms with van der Waals surface area (Å²) >= 11 is 0. The van der Waals surface area contributed by atoms with Gasteiger partial charge in [-0.05, 0) is 75.6 Å². The second-order valence-corrected chi connectivity index (χ2v) is 13.1. The van der Waals surface area contributed by atoms with Crippen molar-refractivity contribution in [3.8, 4) is 11.5 Å². The number of hydrogen-bond acceptors (Lipinski definition) is 11. The second-order valence-electron chi connectivity index (χ2n) is 11.4. The van der Waals surface area contributed by atoms with Gasteiger partial charge in [-0.3, -0.25) is 18.7 Å². The van der Waals surface area contributed by atoms with E-state index in [2.05, 4.69) is 15.4 Å². The maximum Gasteiger partial charge on any atom is 0.459 e. The normalized spacial score (nSPS) is 21.8. The van der Waals surface area contributed by atoms with Crippen molar-refractivity contribution in [3.63, 3.8) is 0 Å². The number of para-hydroxylation sites is 1. The van der Waals surface area contributed by atoms with E-state index in [0.717, 1.165) is 30.7 Å². The number of aromatic nitrogens is 2. The third-order valence-corrected chi connectivity index (χ3v) is 8.95. The van der Waals surface area contributed by atoms with Gasteiger partial charge in [0.15, 0.2) is 6.10 Å². The quantitative estimate of drug-likeness (QED) is 0.185. The second kappa shape index (κ2) is 14.5. The Bertz CT molecular complexity index is 1740. The topological polar surface area (TPSA) is 177 Å². The number of carbonyl (C=O) groups is 2. The van der Waals surface area contributed by atoms with Crippen LogP contribution in [0.3, 0.4) is 0 Å². The van der Waals surface area contributed by atoms with Crippen LogP contribution in [0.2, 0.25) is 0 Å². The van der Waals surface area contributed by atoms with E-state index in [1.54, 1.807) is 50.2 Å². The number of alkyl halides is 2. The molecule has 2 unspecified atom stereocenters. The number of benzene rings is 2. The van der Waals surface area contributed by atoms with E-state index in [4.69, 9.17) is 23.3 Å². The van der Waals surface area contributed by atoms with E-state index in [1.807, 2.05) is 0 Å². The summed E-state index contributed by atoms with van der Waals surface area (Å²) in [5.74, 6) is -4.84. The van der Waals surface area contributed by atoms with Gasteiger partial charge in [-0.1, -0.05) is 18.2 Å². The Labute approximate surface area is 273 Å². The minimum absolute atomic E-state index is 0.0688. The van der Waals surface area contributed by atoms with Crippen molar-refractivity contribution in [2.45, 2.75) is 70.1 Å². The first-order chi connectivity index (χ1) is 22.8. The zero-order valence-corrected chi connectivity index (χ0v) is 27.1. The van der Waals surface area contributed by atoms with Gasteiger partial charge in [0.2, 0.25) is 6.23 Å². The first kappa shape index (κ1) is 35.1. The number of halogens is 2. The number of rotatable bonds is 12. The lowest BCUT2D eigenvalue weighted by atomic mass is 10.0. The van der Waals surface area contributed by atoms with Gasteiger partial charge in [-0.2, -0.15) is 18.9 Å². The molecular formula is C31H35F2N4O10P. The lowest BCUT2D eigenvalue weighted by Crippen LogP contribution is -2.42. The monoisotopic (exact) mass is 692 g/mol. The van der Waals surface area contributed by atoms with Gasteiger partial charge in [-0.15, -0.1) is 0 Å². The molecule has 258 valence electrons. The summed E-state index contributed by atoms with van der Waals surface area (Å²) in [4.78, 5) is 41.7. The number of fused-ring (bicyclic) bond motifs is 1. The van der Waals surface area contributed by atoms with E-state index in [-0.39, 0.29) is 17.1 Å². The summed E-state index contributed by atoms with van der Waals surface area (Å²) in [6.07, 6.45) is -4.67. The van der Waals surface area contributed by atoms with Crippen LogP contribution in [0.25, 0.3) is 0 Å². The zero-order chi connectivity index (χ0) is 34.6. The average Bonchev–Trinajstić information content (AvgIpc) is 3.27. The predicted octanol–water partition coefficient (Wildman–Crippen LogP) is 3.85. The Morgan fingerprint density at radius 1 is 1.17 bits per heavy atom. The molecule has 3 N–H and O–H groups in total. The highest BCUT2D eigenvalue weighted by molar-refractivity contribution is 7.52. The molecule has 2 aliphatic heterocycles. The molecule has 1 aromatic heterocycles. The van der Waals surface area contributed by atoms with Crippen LogP contribution in [0.4, 0.5) is 14.6 Å². The van der Waals surface area contributed by atoms with Crippen LogP contribution in [0, 0.1) is 0 Å². The van der Waals surface area contributed by atoms with Crippen molar-refractivity contribution < 1.29 is 51.3 Å². The van der Waals surface area contributed by atoms with Crippen molar-refractivity contribution >= 4 is 25.4 Å². The van der Waals surface area contributed by atoms with Crippen molar-refractivity contribution in [2.75, 3.05) is 18.5 Å². The number of hydrogen-bond donors (Lipinski definition) is 3. The molecule has 1 fully saturated rings. The number of anilines is 1. The number of ether oxygens (including phenoxy) is 3. The Morgan fingerprint density at radius 3 is 2.62 bits per heavy atom. The minimum Gasteiger partial charge on any atom is -0.493 e. The van der Waals surface area contributed by atoms with Gasteiger partial charge in [0.25, 0.3) is 5.91 Å². The highest BCUT2D eigenvalue weighted by Gasteiger charge is 2.60. The van der Waals surface area contributed by atoms with Gasteiger partial charge >= 0.3 is 25.3 Å². The maximum absolute atomic E-state index is 15.3. The van der Waals surface area contributed by atoms with Crippen molar-refractivity contribution in [1.82, 2.24) is 14.6 Å². The van der Waals surface area contributed by atoms with Gasteiger partial charge in [0.05, 0.1) is 19.3 Å². The minimum atomic E-state index is -4.48. The molecular weight excluding hydrogens is 657 g/mol. The average molecular weight is 693 g/mol. The Hall–Kier alpha value is -4.21. The fourth-order valence-corrected chi connectivity index (χ4v) is 6.47. The number of esters is 1. The molecule has 5 atom stereocenters. The van der Waals surface area contributed by atoms with Crippen LogP contribution in [0.1, 0.15) is 49.3 Å². The molecule has 3 heterocycles. The Balaban J connectivity index is 1.28. The molecule has 0 radical (unpaired) electrons. The molecule has 0 bridgehead atoms. The first-order valence-electron chi connectivity index (χ1n) is 15.1. The molecule has 1 amide bonds. The molecule has 48 heavy (non-hydrogen) atoms. The number of carbonyl (C=O) groups excluding carboxylic acids is 2. The summed E-state index contributed by atoms with van der Waals surface area (Å²) in [7, 11) is -4.48. The van der Waals surface area contributed by atoms with Gasteiger partial charge in [0, 0.05) is 11.8 Å². The third kappa shape index (κ3) is 8.08. The molecule has 0 aliphatic carbocycles. The first-order valence-corrected chi connectivity index (χ1v) is 16.6. The van der Waals surface area contributed by atoms with Crippen LogP contribution in [0.5, 0.6) is 11.5 Å². The number of amides is 1. The number of nitrogens with zero attached hydrogens (tertiary/aromatic N) is 2. The molecule has 2 aromatic carbocycles. The fourth-order valence-electron chi connectivity index (χ4n) is 4.96. The van der Waals surface area contributed by atoms with E-state index in [0.29, 0.717) is 16.9 Å². The molecule has 3 aromatic rings. The largest absolute Gasteiger partial charge is 0.493 e. The Kier molecular flexibility index (Phi) is 10.6. The van der Waals surface area contributed by atoms with Crippen molar-refractivity contribution in [3.05, 3.63) is 82.4 Å². The van der Waals surface area contributed by atoms with Crippen LogP contribution in [-0.2, 0) is 29.8 Å². The highest BCUT2D eigenvalue weighted by atomic mass is 31.2. The summed E-state index contributed by atoms with van der Waals surface area (Å²) in [5.41, 5.74) is -0.0599. The number of aliphatic hydroxyl groups excluding tert-OH is 1. The van der Waals surface area contributed by atoms with E-state index in [1.165, 1.54) is 19.1 Å². The number of aryl methyl sites for hydroxylation is 1. The van der Waals surface area contributed by atoms with Crippen LogP contribution in [-0.4, -0.2) is 70.0 Å². The predicted molar refractivity (Wildman–Crippen MR) is 166 cm³/mol. The summed E-state index contributed by atoms with van der Waals surface area (Å²) in [5, 5.41) is 15.4. The fraction of sp³-hybridized carbons (Fsp3) is 0.419. The molecule has 14 nitrogen and oxygen atoms in total. The Morgan fingerprint density at radius 2 is 1.92 bits per heavy atom. The van der Waals surface area contributed by atoms with Gasteiger partial charge < -0.3 is 29.2 Å². The van der Waals surface area contributed by atoms with Crippen molar-refractivity contribution in [2.24, 2.45) is 0 Å². The van der Waals surface area contributed by atoms with E-state index < -0.39 is 68.4 Å². The maximum atomic E-state index is 15.3. The molecule has 17 heteroatoms. The SMILES string of the molecule is CC(C)OC(=O)[C@@H](C)NP(=O)(OC[C@H]1OC(n2ccc(NC(=O)c3ccc4c(c3)CCCO4)nc2=O)C(F)(F)[C@@H]1O)Oc1ccccc1.